The summed E-state index contributed by atoms with van der Waals surface area (Å²) in [6, 6.07) is 0. The molecule has 0 aromatic carbocycles. The van der Waals surface area contributed by atoms with Crippen LogP contribution in [0.1, 0.15) is 25.5 Å². The van der Waals surface area contributed by atoms with E-state index in [4.69, 9.17) is 5.73 Å². The lowest BCUT2D eigenvalue weighted by Crippen LogP contribution is -2.48. The second-order valence-electron chi connectivity index (χ2n) is 5.45. The number of nitrogens with zero attached hydrogens (tertiary/aromatic N) is 3. The summed E-state index contributed by atoms with van der Waals surface area (Å²) < 4.78 is 25.7. The first-order valence-corrected chi connectivity index (χ1v) is 9.70. The molecule has 1 aliphatic rings. The van der Waals surface area contributed by atoms with Crippen molar-refractivity contribution < 1.29 is 8.42 Å². The van der Waals surface area contributed by atoms with E-state index in [1.807, 2.05) is 25.8 Å². The smallest absolute Gasteiger partial charge is 0.169 e. The molecule has 1 fully saturated rings. The lowest BCUT2D eigenvalue weighted by molar-refractivity contribution is 0.580. The topological polar surface area (TPSA) is 81.2 Å². The van der Waals surface area contributed by atoms with Crippen molar-refractivity contribution in [1.29, 1.82) is 0 Å². The molecule has 114 valence electrons. The Labute approximate surface area is 124 Å². The molecule has 1 saturated heterocycles. The average molecular weight is 318 g/mol. The van der Waals surface area contributed by atoms with Crippen molar-refractivity contribution >= 4 is 33.1 Å². The predicted molar refractivity (Wildman–Crippen MR) is 85.0 cm³/mol. The highest BCUT2D eigenvalue weighted by molar-refractivity contribution is 8.01. The highest BCUT2D eigenvalue weighted by atomic mass is 32.2. The van der Waals surface area contributed by atoms with E-state index in [2.05, 4.69) is 5.10 Å². The van der Waals surface area contributed by atoms with Crippen LogP contribution in [0.2, 0.25) is 0 Å². The molecule has 0 saturated carbocycles. The van der Waals surface area contributed by atoms with Crippen LogP contribution in [0.4, 0.5) is 11.5 Å². The lowest BCUT2D eigenvalue weighted by atomic mass is 10.1. The third-order valence-electron chi connectivity index (χ3n) is 3.48. The maximum absolute atomic E-state index is 12.0. The summed E-state index contributed by atoms with van der Waals surface area (Å²) in [5.41, 5.74) is 7.64. The highest BCUT2D eigenvalue weighted by Crippen LogP contribution is 2.34. The molecule has 0 spiro atoms. The summed E-state index contributed by atoms with van der Waals surface area (Å²) in [6.45, 7) is 4.73. The minimum Gasteiger partial charge on any atom is -0.394 e. The fraction of sp³-hybridized carbons (Fsp3) is 0.750. The summed E-state index contributed by atoms with van der Waals surface area (Å²) >= 11 is 1.66. The molecule has 20 heavy (non-hydrogen) atoms. The Morgan fingerprint density at radius 3 is 2.60 bits per heavy atom. The minimum absolute atomic E-state index is 0.214. The molecule has 0 aliphatic carbocycles. The van der Waals surface area contributed by atoms with Crippen LogP contribution in [0, 0.1) is 0 Å². The van der Waals surface area contributed by atoms with Crippen molar-refractivity contribution in [3.63, 3.8) is 0 Å². The third-order valence-corrected chi connectivity index (χ3v) is 6.12. The molecule has 1 aromatic rings. The Morgan fingerprint density at radius 2 is 2.10 bits per heavy atom. The largest absolute Gasteiger partial charge is 0.394 e. The Balaban J connectivity index is 2.48. The number of anilines is 2. The lowest BCUT2D eigenvalue weighted by Gasteiger charge is -2.35. The van der Waals surface area contributed by atoms with Gasteiger partial charge in [-0.1, -0.05) is 13.8 Å². The van der Waals surface area contributed by atoms with Gasteiger partial charge in [-0.3, -0.25) is 4.68 Å². The number of nitrogens with two attached hydrogens (primary N) is 1. The Bertz CT molecular complexity index is 595. The van der Waals surface area contributed by atoms with Gasteiger partial charge in [0.2, 0.25) is 0 Å². The minimum atomic E-state index is -3.16. The second kappa shape index (κ2) is 5.48. The number of hydrogen-bond donors (Lipinski definition) is 1. The van der Waals surface area contributed by atoms with Gasteiger partial charge in [0.05, 0.1) is 11.4 Å². The molecular weight excluding hydrogens is 296 g/mol. The molecule has 0 amide bonds. The van der Waals surface area contributed by atoms with Crippen LogP contribution in [-0.2, 0) is 16.9 Å². The van der Waals surface area contributed by atoms with Crippen molar-refractivity contribution in [1.82, 2.24) is 9.78 Å². The summed E-state index contributed by atoms with van der Waals surface area (Å²) in [4.78, 5) is 1.89. The molecule has 2 N–H and O–H groups in total. The number of sulfone groups is 1. The second-order valence-corrected chi connectivity index (χ2v) is 8.81. The van der Waals surface area contributed by atoms with E-state index < -0.39 is 15.2 Å². The van der Waals surface area contributed by atoms with E-state index in [0.29, 0.717) is 18.0 Å². The number of nitrogen functional groups attached to an aromatic ring is 1. The van der Waals surface area contributed by atoms with Crippen LogP contribution in [0.3, 0.4) is 0 Å². The van der Waals surface area contributed by atoms with Crippen LogP contribution < -0.4 is 10.6 Å². The number of thioether (sulfide) groups is 1. The number of aromatic nitrogens is 2. The Hall–Kier alpha value is -0.890. The van der Waals surface area contributed by atoms with Gasteiger partial charge in [-0.25, -0.2) is 8.42 Å². The first-order valence-electron chi connectivity index (χ1n) is 6.59. The van der Waals surface area contributed by atoms with Crippen LogP contribution in [-0.4, -0.2) is 47.9 Å². The van der Waals surface area contributed by atoms with Gasteiger partial charge in [0, 0.05) is 31.4 Å². The highest BCUT2D eigenvalue weighted by Gasteiger charge is 2.34. The molecule has 1 unspecified atom stereocenters. The van der Waals surface area contributed by atoms with Crippen molar-refractivity contribution in [3.05, 3.63) is 5.69 Å². The molecule has 2 heterocycles. The standard InChI is InChI=1S/C12H22N4O2S2/c1-8(2)11-10(13)12(15(3)14-11)16-5-6-19-7-9(16)20(4,17)18/h8-9H,5-7,13H2,1-4H3. The van der Waals surface area contributed by atoms with E-state index in [0.717, 1.165) is 17.3 Å². The van der Waals surface area contributed by atoms with Crippen molar-refractivity contribution in [2.75, 3.05) is 34.9 Å². The van der Waals surface area contributed by atoms with E-state index in [1.54, 1.807) is 16.4 Å². The van der Waals surface area contributed by atoms with Crippen molar-refractivity contribution in [2.24, 2.45) is 7.05 Å². The Morgan fingerprint density at radius 1 is 1.45 bits per heavy atom. The fourth-order valence-corrected chi connectivity index (χ4v) is 5.32. The molecule has 1 aliphatic heterocycles. The van der Waals surface area contributed by atoms with Gasteiger partial charge in [0.25, 0.3) is 0 Å². The van der Waals surface area contributed by atoms with Gasteiger partial charge in [-0.15, -0.1) is 0 Å². The third kappa shape index (κ3) is 2.76. The fourth-order valence-electron chi connectivity index (χ4n) is 2.50. The number of rotatable bonds is 3. The van der Waals surface area contributed by atoms with E-state index in [-0.39, 0.29) is 5.92 Å². The molecular formula is C12H22N4O2S2. The Kier molecular flexibility index (Phi) is 4.24. The van der Waals surface area contributed by atoms with E-state index in [9.17, 15) is 8.42 Å². The zero-order valence-electron chi connectivity index (χ0n) is 12.3. The van der Waals surface area contributed by atoms with E-state index in [1.165, 1.54) is 6.26 Å². The van der Waals surface area contributed by atoms with Gasteiger partial charge in [-0.05, 0) is 5.92 Å². The van der Waals surface area contributed by atoms with E-state index >= 15 is 0 Å². The number of aryl methyl sites for hydroxylation is 1. The average Bonchev–Trinajstić information content (AvgIpc) is 2.64. The monoisotopic (exact) mass is 318 g/mol. The van der Waals surface area contributed by atoms with Gasteiger partial charge in [0.15, 0.2) is 15.7 Å². The molecule has 1 aromatic heterocycles. The SMILES string of the molecule is CC(C)c1nn(C)c(N2CCSCC2S(C)(=O)=O)c1N. The molecule has 8 heteroatoms. The zero-order valence-corrected chi connectivity index (χ0v) is 14.0. The number of hydrogen-bond acceptors (Lipinski definition) is 6. The van der Waals surface area contributed by atoms with Gasteiger partial charge in [-0.2, -0.15) is 16.9 Å². The van der Waals surface area contributed by atoms with Gasteiger partial charge >= 0.3 is 0 Å². The van der Waals surface area contributed by atoms with Crippen molar-refractivity contribution in [2.45, 2.75) is 25.1 Å². The summed E-state index contributed by atoms with van der Waals surface area (Å²) in [7, 11) is -1.34. The summed E-state index contributed by atoms with van der Waals surface area (Å²) in [5.74, 6) is 2.41. The maximum atomic E-state index is 12.0. The molecule has 1 atom stereocenters. The van der Waals surface area contributed by atoms with Gasteiger partial charge < -0.3 is 10.6 Å². The predicted octanol–water partition coefficient (Wildman–Crippen LogP) is 1.05. The molecule has 6 nitrogen and oxygen atoms in total. The first-order chi connectivity index (χ1) is 9.23. The molecule has 0 bridgehead atoms. The van der Waals surface area contributed by atoms with Crippen molar-refractivity contribution in [3.8, 4) is 0 Å². The molecule has 0 radical (unpaired) electrons. The maximum Gasteiger partial charge on any atom is 0.169 e. The van der Waals surface area contributed by atoms with Crippen LogP contribution in [0.5, 0.6) is 0 Å². The van der Waals surface area contributed by atoms with Crippen LogP contribution >= 0.6 is 11.8 Å². The van der Waals surface area contributed by atoms with Gasteiger partial charge in [0.1, 0.15) is 5.37 Å². The quantitative estimate of drug-likeness (QED) is 0.897. The van der Waals surface area contributed by atoms with Crippen LogP contribution in [0.25, 0.3) is 0 Å². The molecule has 2 rings (SSSR count). The normalized spacial score (nSPS) is 20.6. The summed E-state index contributed by atoms with van der Waals surface area (Å²) in [6.07, 6.45) is 1.28. The zero-order chi connectivity index (χ0) is 15.1. The first kappa shape index (κ1) is 15.5. The summed E-state index contributed by atoms with van der Waals surface area (Å²) in [5, 5.41) is 3.92. The van der Waals surface area contributed by atoms with Crippen LogP contribution in [0.15, 0.2) is 0 Å².